The smallest absolute Gasteiger partial charge is 0.293 e. The van der Waals surface area contributed by atoms with Crippen LogP contribution in [0.15, 0.2) is 0 Å². The topological polar surface area (TPSA) is 18.5 Å². The Bertz CT molecular complexity index is 262. The Hall–Kier alpha value is -0.0400. The molecule has 0 aromatic heterocycles. The molecule has 0 aliphatic carbocycles. The van der Waals surface area contributed by atoms with Gasteiger partial charge in [-0.15, -0.1) is 0 Å². The first-order chi connectivity index (χ1) is 9.68. The molecule has 3 heteroatoms. The summed E-state index contributed by atoms with van der Waals surface area (Å²) in [6.07, 6.45) is 11.6. The van der Waals surface area contributed by atoms with Gasteiger partial charge in [0.05, 0.1) is 0 Å². The molecule has 20 heavy (non-hydrogen) atoms. The molecule has 0 fully saturated rings. The molecule has 0 aromatic carbocycles. The van der Waals surface area contributed by atoms with Crippen LogP contribution < -0.4 is 0 Å². The third-order valence-electron chi connectivity index (χ3n) is 3.05. The summed E-state index contributed by atoms with van der Waals surface area (Å²) < 4.78 is 10.0. The third-order valence-corrected chi connectivity index (χ3v) is 3.71. The monoisotopic (exact) mass is 346 g/mol. The van der Waals surface area contributed by atoms with Crippen molar-refractivity contribution in [2.45, 2.75) is 83.3 Å². The van der Waals surface area contributed by atoms with Crippen LogP contribution in [0.5, 0.6) is 0 Å². The molecule has 0 amide bonds. The molecule has 0 radical (unpaired) electrons. The fourth-order valence-corrected chi connectivity index (χ4v) is 2.60. The van der Waals surface area contributed by atoms with Crippen LogP contribution in [0.3, 0.4) is 0 Å². The van der Waals surface area contributed by atoms with E-state index in [9.17, 15) is 0 Å². The zero-order valence-corrected chi connectivity index (χ0v) is 15.1. The molecule has 118 valence electrons. The van der Waals surface area contributed by atoms with Gasteiger partial charge in [-0.3, -0.25) is 0 Å². The molecule has 2 nitrogen and oxygen atoms in total. The lowest BCUT2D eigenvalue weighted by molar-refractivity contribution is -0.120. The van der Waals surface area contributed by atoms with Crippen LogP contribution in [0.1, 0.15) is 78.6 Å². The van der Waals surface area contributed by atoms with E-state index in [1.807, 2.05) is 13.8 Å². The maximum atomic E-state index is 5.47. The SMILES string of the molecule is CCCCCCCCCCC#CC(Br)(OCC)OCC. The van der Waals surface area contributed by atoms with E-state index in [1.54, 1.807) is 0 Å². The summed E-state index contributed by atoms with van der Waals surface area (Å²) in [5.41, 5.74) is 0. The quantitative estimate of drug-likeness (QED) is 0.197. The normalized spacial score (nSPS) is 11.2. The highest BCUT2D eigenvalue weighted by molar-refractivity contribution is 9.10. The Labute approximate surface area is 134 Å². The molecule has 0 rings (SSSR count). The van der Waals surface area contributed by atoms with Crippen molar-refractivity contribution in [1.29, 1.82) is 0 Å². The molecule has 0 aliphatic heterocycles. The van der Waals surface area contributed by atoms with Crippen molar-refractivity contribution in [3.63, 3.8) is 0 Å². The second-order valence-electron chi connectivity index (χ2n) is 4.93. The molecule has 0 aliphatic rings. The molecule has 0 unspecified atom stereocenters. The van der Waals surface area contributed by atoms with E-state index in [1.165, 1.54) is 51.4 Å². The zero-order valence-electron chi connectivity index (χ0n) is 13.5. The minimum atomic E-state index is -0.906. The van der Waals surface area contributed by atoms with Crippen LogP contribution in [0.2, 0.25) is 0 Å². The Balaban J connectivity index is 3.64. The van der Waals surface area contributed by atoms with Gasteiger partial charge in [-0.1, -0.05) is 57.8 Å². The molecule has 0 spiro atoms. The summed E-state index contributed by atoms with van der Waals surface area (Å²) in [6.45, 7) is 7.30. The average molecular weight is 347 g/mol. The number of unbranched alkanes of at least 4 members (excludes halogenated alkanes) is 8. The molecule has 0 atom stereocenters. The van der Waals surface area contributed by atoms with Crippen LogP contribution in [0.25, 0.3) is 0 Å². The molecule has 0 saturated carbocycles. The number of rotatable bonds is 12. The predicted octanol–water partition coefficient (Wildman–Crippen LogP) is 5.64. The van der Waals surface area contributed by atoms with Crippen molar-refractivity contribution in [3.05, 3.63) is 0 Å². The largest absolute Gasteiger partial charge is 0.331 e. The van der Waals surface area contributed by atoms with Crippen molar-refractivity contribution in [2.75, 3.05) is 13.2 Å². The molecule has 0 bridgehead atoms. The lowest BCUT2D eigenvalue weighted by atomic mass is 10.1. The predicted molar refractivity (Wildman–Crippen MR) is 89.9 cm³/mol. The number of halogens is 1. The summed E-state index contributed by atoms with van der Waals surface area (Å²) in [5, 5.41) is 0. The third kappa shape index (κ3) is 11.8. The van der Waals surface area contributed by atoms with E-state index < -0.39 is 4.70 Å². The summed E-state index contributed by atoms with van der Waals surface area (Å²) in [4.78, 5) is 0. The highest BCUT2D eigenvalue weighted by Gasteiger charge is 2.24. The Kier molecular flexibility index (Phi) is 13.9. The molecular formula is C17H31BrO2. The van der Waals surface area contributed by atoms with Gasteiger partial charge in [0.15, 0.2) is 0 Å². The van der Waals surface area contributed by atoms with Gasteiger partial charge in [-0.2, -0.15) is 0 Å². The van der Waals surface area contributed by atoms with E-state index >= 15 is 0 Å². The second-order valence-corrected chi connectivity index (χ2v) is 5.97. The van der Waals surface area contributed by atoms with Gasteiger partial charge in [0.1, 0.15) is 0 Å². The molecule has 0 aromatic rings. The van der Waals surface area contributed by atoms with Crippen LogP contribution in [-0.2, 0) is 9.47 Å². The number of hydrogen-bond donors (Lipinski definition) is 0. The number of hydrogen-bond acceptors (Lipinski definition) is 2. The van der Waals surface area contributed by atoms with Crippen molar-refractivity contribution in [3.8, 4) is 11.8 Å². The van der Waals surface area contributed by atoms with Gasteiger partial charge in [-0.25, -0.2) is 0 Å². The van der Waals surface area contributed by atoms with Crippen molar-refractivity contribution >= 4 is 15.9 Å². The first-order valence-corrected chi connectivity index (χ1v) is 8.94. The highest BCUT2D eigenvalue weighted by Crippen LogP contribution is 2.20. The second kappa shape index (κ2) is 13.9. The van der Waals surface area contributed by atoms with Crippen molar-refractivity contribution in [2.24, 2.45) is 0 Å². The summed E-state index contributed by atoms with van der Waals surface area (Å²) in [6, 6.07) is 0. The zero-order chi connectivity index (χ0) is 15.1. The lowest BCUT2D eigenvalue weighted by Crippen LogP contribution is -2.26. The maximum Gasteiger partial charge on any atom is 0.293 e. The Morgan fingerprint density at radius 3 is 1.80 bits per heavy atom. The van der Waals surface area contributed by atoms with Gasteiger partial charge < -0.3 is 9.47 Å². The first-order valence-electron chi connectivity index (χ1n) is 8.15. The highest BCUT2D eigenvalue weighted by atomic mass is 79.9. The van der Waals surface area contributed by atoms with Crippen LogP contribution in [0.4, 0.5) is 0 Å². The number of alkyl halides is 1. The molecule has 0 heterocycles. The molecule has 0 saturated heterocycles. The van der Waals surface area contributed by atoms with Gasteiger partial charge in [0.25, 0.3) is 4.70 Å². The molecule has 0 N–H and O–H groups in total. The van der Waals surface area contributed by atoms with E-state index in [4.69, 9.17) is 9.47 Å². The van der Waals surface area contributed by atoms with Gasteiger partial charge in [0.2, 0.25) is 0 Å². The standard InChI is InChI=1S/C17H31BrO2/c1-4-7-8-9-10-11-12-13-14-15-16-17(18,19-5-2)20-6-3/h4-14H2,1-3H3. The van der Waals surface area contributed by atoms with Crippen molar-refractivity contribution in [1.82, 2.24) is 0 Å². The summed E-state index contributed by atoms with van der Waals surface area (Å²) in [5.74, 6) is 6.20. The number of ether oxygens (including phenoxy) is 2. The average Bonchev–Trinajstić information content (AvgIpc) is 2.41. The van der Waals surface area contributed by atoms with E-state index in [2.05, 4.69) is 34.7 Å². The maximum absolute atomic E-state index is 5.47. The molecular weight excluding hydrogens is 316 g/mol. The van der Waals surface area contributed by atoms with Crippen LogP contribution in [-0.4, -0.2) is 17.9 Å². The lowest BCUT2D eigenvalue weighted by Gasteiger charge is -2.20. The van der Waals surface area contributed by atoms with Gasteiger partial charge in [0, 0.05) is 19.6 Å². The minimum absolute atomic E-state index is 0.581. The van der Waals surface area contributed by atoms with E-state index in [0.29, 0.717) is 13.2 Å². The van der Waals surface area contributed by atoms with Crippen LogP contribution in [0, 0.1) is 11.8 Å². The van der Waals surface area contributed by atoms with Gasteiger partial charge in [-0.05, 0) is 42.1 Å². The summed E-state index contributed by atoms with van der Waals surface area (Å²) in [7, 11) is 0. The fourth-order valence-electron chi connectivity index (χ4n) is 2.00. The Morgan fingerprint density at radius 1 is 0.800 bits per heavy atom. The fraction of sp³-hybridized carbons (Fsp3) is 0.882. The van der Waals surface area contributed by atoms with E-state index in [-0.39, 0.29) is 0 Å². The van der Waals surface area contributed by atoms with Gasteiger partial charge >= 0.3 is 0 Å². The van der Waals surface area contributed by atoms with Crippen LogP contribution >= 0.6 is 15.9 Å². The summed E-state index contributed by atoms with van der Waals surface area (Å²) >= 11 is 3.41. The van der Waals surface area contributed by atoms with E-state index in [0.717, 1.165) is 6.42 Å². The van der Waals surface area contributed by atoms with Crippen molar-refractivity contribution < 1.29 is 9.47 Å². The Morgan fingerprint density at radius 2 is 1.30 bits per heavy atom. The minimum Gasteiger partial charge on any atom is -0.331 e. The first kappa shape index (κ1) is 20.0.